The van der Waals surface area contributed by atoms with Gasteiger partial charge >= 0.3 is 5.69 Å². The number of piperidine rings is 1. The van der Waals surface area contributed by atoms with Gasteiger partial charge in [0.2, 0.25) is 5.88 Å². The van der Waals surface area contributed by atoms with Crippen molar-refractivity contribution in [2.75, 3.05) is 13.1 Å². The van der Waals surface area contributed by atoms with Gasteiger partial charge in [-0.2, -0.15) is 0 Å². The van der Waals surface area contributed by atoms with Crippen LogP contribution in [0, 0.1) is 11.7 Å². The van der Waals surface area contributed by atoms with E-state index in [1.54, 1.807) is 6.07 Å². The number of hydrogen-bond acceptors (Lipinski definition) is 3. The summed E-state index contributed by atoms with van der Waals surface area (Å²) in [4.78, 5) is 14.9. The molecule has 4 rings (SSSR count). The number of imidazole rings is 1. The Morgan fingerprint density at radius 1 is 0.969 bits per heavy atom. The average Bonchev–Trinajstić information content (AvgIpc) is 3.03. The number of benzene rings is 2. The van der Waals surface area contributed by atoms with Crippen molar-refractivity contribution >= 4 is 0 Å². The van der Waals surface area contributed by atoms with Crippen molar-refractivity contribution in [1.82, 2.24) is 14.0 Å². The quantitative estimate of drug-likeness (QED) is 0.575. The summed E-state index contributed by atoms with van der Waals surface area (Å²) in [6.07, 6.45) is 5.13. The Labute approximate surface area is 188 Å². The maximum atomic E-state index is 14.4. The van der Waals surface area contributed by atoms with E-state index < -0.39 is 0 Å². The Morgan fingerprint density at radius 3 is 2.34 bits per heavy atom. The van der Waals surface area contributed by atoms with Gasteiger partial charge in [0.05, 0.1) is 12.7 Å². The van der Waals surface area contributed by atoms with Crippen LogP contribution in [0.2, 0.25) is 0 Å². The van der Waals surface area contributed by atoms with Crippen molar-refractivity contribution in [3.63, 3.8) is 0 Å². The summed E-state index contributed by atoms with van der Waals surface area (Å²) in [5.41, 5.74) is 3.50. The molecule has 1 fully saturated rings. The molecule has 0 amide bonds. The third kappa shape index (κ3) is 5.13. The first kappa shape index (κ1) is 22.3. The van der Waals surface area contributed by atoms with E-state index in [1.807, 2.05) is 50.2 Å². The van der Waals surface area contributed by atoms with Gasteiger partial charge < -0.3 is 5.11 Å². The van der Waals surface area contributed by atoms with Crippen LogP contribution in [0.3, 0.4) is 0 Å². The molecule has 0 aliphatic carbocycles. The normalized spacial score (nSPS) is 14.9. The van der Waals surface area contributed by atoms with Crippen LogP contribution in [0.15, 0.2) is 53.5 Å². The maximum Gasteiger partial charge on any atom is 0.331 e. The molecule has 0 radical (unpaired) electrons. The molecule has 1 aliphatic rings. The van der Waals surface area contributed by atoms with Gasteiger partial charge in [0.25, 0.3) is 0 Å². The SMILES string of the molecule is CC(C)Cn1c(O)cn(Cc2ccc(-c3ccc(F)c(CN4CCCCC4)c3)cc2)c1=O. The van der Waals surface area contributed by atoms with E-state index in [0.29, 0.717) is 19.6 Å². The Bertz CT molecular complexity index is 1110. The van der Waals surface area contributed by atoms with Crippen LogP contribution in [-0.4, -0.2) is 32.2 Å². The number of aromatic nitrogens is 2. The predicted octanol–water partition coefficient (Wildman–Crippen LogP) is 4.85. The van der Waals surface area contributed by atoms with Crippen LogP contribution in [0.25, 0.3) is 11.1 Å². The number of rotatable bonds is 7. The first-order valence-corrected chi connectivity index (χ1v) is 11.5. The third-order valence-corrected chi connectivity index (χ3v) is 6.10. The van der Waals surface area contributed by atoms with Crippen LogP contribution in [0.4, 0.5) is 4.39 Å². The molecule has 1 saturated heterocycles. The smallest absolute Gasteiger partial charge is 0.331 e. The monoisotopic (exact) mass is 437 g/mol. The minimum Gasteiger partial charge on any atom is -0.493 e. The van der Waals surface area contributed by atoms with Crippen LogP contribution in [0.1, 0.15) is 44.2 Å². The van der Waals surface area contributed by atoms with Crippen molar-refractivity contribution in [2.24, 2.45) is 5.92 Å². The Hall–Kier alpha value is -2.86. The summed E-state index contributed by atoms with van der Waals surface area (Å²) < 4.78 is 17.4. The standard InChI is InChI=1S/C26H32FN3O2/c1-19(2)15-30-25(31)18-29(26(30)32)16-20-6-8-21(9-7-20)22-10-11-24(27)23(14-22)17-28-12-4-3-5-13-28/h6-11,14,18-19,31H,3-5,12-13,15-17H2,1-2H3. The molecule has 5 nitrogen and oxygen atoms in total. The van der Waals surface area contributed by atoms with Crippen LogP contribution < -0.4 is 5.69 Å². The summed E-state index contributed by atoms with van der Waals surface area (Å²) in [7, 11) is 0. The molecule has 32 heavy (non-hydrogen) atoms. The lowest BCUT2D eigenvalue weighted by molar-refractivity contribution is 0.218. The summed E-state index contributed by atoms with van der Waals surface area (Å²) in [6, 6.07) is 13.3. The number of halogens is 1. The van der Waals surface area contributed by atoms with E-state index in [1.165, 1.54) is 34.6 Å². The molecule has 1 aliphatic heterocycles. The lowest BCUT2D eigenvalue weighted by Gasteiger charge is -2.26. The van der Waals surface area contributed by atoms with Crippen molar-refractivity contribution in [3.05, 3.63) is 76.1 Å². The zero-order chi connectivity index (χ0) is 22.7. The molecule has 6 heteroatoms. The zero-order valence-corrected chi connectivity index (χ0v) is 18.9. The summed E-state index contributed by atoms with van der Waals surface area (Å²) in [5.74, 6) is 0.109. The molecule has 0 saturated carbocycles. The lowest BCUT2D eigenvalue weighted by Crippen LogP contribution is -2.29. The molecule has 2 aromatic carbocycles. The van der Waals surface area contributed by atoms with Gasteiger partial charge in [-0.25, -0.2) is 9.18 Å². The molecule has 2 heterocycles. The van der Waals surface area contributed by atoms with E-state index in [0.717, 1.165) is 35.3 Å². The van der Waals surface area contributed by atoms with Crippen LogP contribution in [0.5, 0.6) is 5.88 Å². The zero-order valence-electron chi connectivity index (χ0n) is 18.9. The Kier molecular flexibility index (Phi) is 6.80. The van der Waals surface area contributed by atoms with Gasteiger partial charge in [-0.15, -0.1) is 0 Å². The number of aromatic hydroxyl groups is 1. The van der Waals surface area contributed by atoms with Gasteiger partial charge in [-0.05, 0) is 60.7 Å². The fraction of sp³-hybridized carbons (Fsp3) is 0.423. The van der Waals surface area contributed by atoms with Crippen molar-refractivity contribution in [3.8, 4) is 17.0 Å². The molecule has 0 unspecified atom stereocenters. The lowest BCUT2D eigenvalue weighted by atomic mass is 10.0. The third-order valence-electron chi connectivity index (χ3n) is 6.10. The first-order chi connectivity index (χ1) is 15.4. The number of nitrogens with zero attached hydrogens (tertiary/aromatic N) is 3. The van der Waals surface area contributed by atoms with Gasteiger partial charge in [0.1, 0.15) is 5.82 Å². The molecular formula is C26H32FN3O2. The average molecular weight is 438 g/mol. The van der Waals surface area contributed by atoms with E-state index in [4.69, 9.17) is 0 Å². The number of likely N-dealkylation sites (tertiary alicyclic amines) is 1. The predicted molar refractivity (Wildman–Crippen MR) is 125 cm³/mol. The first-order valence-electron chi connectivity index (χ1n) is 11.5. The molecule has 170 valence electrons. The molecule has 0 bridgehead atoms. The Morgan fingerprint density at radius 2 is 1.66 bits per heavy atom. The van der Waals surface area contributed by atoms with Gasteiger partial charge in [0.15, 0.2) is 0 Å². The fourth-order valence-corrected chi connectivity index (χ4v) is 4.40. The van der Waals surface area contributed by atoms with Crippen molar-refractivity contribution in [1.29, 1.82) is 0 Å². The van der Waals surface area contributed by atoms with Crippen molar-refractivity contribution in [2.45, 2.75) is 52.7 Å². The van der Waals surface area contributed by atoms with E-state index >= 15 is 0 Å². The number of hydrogen-bond donors (Lipinski definition) is 1. The summed E-state index contributed by atoms with van der Waals surface area (Å²) in [5, 5.41) is 10.1. The summed E-state index contributed by atoms with van der Waals surface area (Å²) in [6.45, 7) is 7.61. The maximum absolute atomic E-state index is 14.4. The Balaban J connectivity index is 1.49. The van der Waals surface area contributed by atoms with E-state index in [9.17, 15) is 14.3 Å². The highest BCUT2D eigenvalue weighted by molar-refractivity contribution is 5.64. The fourth-order valence-electron chi connectivity index (χ4n) is 4.40. The second kappa shape index (κ2) is 9.74. The second-order valence-corrected chi connectivity index (χ2v) is 9.24. The van der Waals surface area contributed by atoms with Crippen LogP contribution in [-0.2, 0) is 19.6 Å². The molecular weight excluding hydrogens is 405 g/mol. The molecule has 1 aromatic heterocycles. The van der Waals surface area contributed by atoms with Gasteiger partial charge in [-0.3, -0.25) is 14.0 Å². The molecule has 0 atom stereocenters. The highest BCUT2D eigenvalue weighted by Crippen LogP contribution is 2.25. The highest BCUT2D eigenvalue weighted by Gasteiger charge is 2.14. The van der Waals surface area contributed by atoms with E-state index in [2.05, 4.69) is 4.90 Å². The minimum atomic E-state index is -0.207. The largest absolute Gasteiger partial charge is 0.493 e. The topological polar surface area (TPSA) is 50.4 Å². The minimum absolute atomic E-state index is 0.00660. The van der Waals surface area contributed by atoms with E-state index in [-0.39, 0.29) is 23.3 Å². The highest BCUT2D eigenvalue weighted by atomic mass is 19.1. The van der Waals surface area contributed by atoms with Gasteiger partial charge in [-0.1, -0.05) is 50.6 Å². The summed E-state index contributed by atoms with van der Waals surface area (Å²) >= 11 is 0. The molecule has 3 aromatic rings. The van der Waals surface area contributed by atoms with Crippen molar-refractivity contribution < 1.29 is 9.50 Å². The van der Waals surface area contributed by atoms with Gasteiger partial charge in [0, 0.05) is 18.7 Å². The second-order valence-electron chi connectivity index (χ2n) is 9.24. The molecule has 1 N–H and O–H groups in total. The molecule has 0 spiro atoms. The van der Waals surface area contributed by atoms with Crippen LogP contribution >= 0.6 is 0 Å².